The Labute approximate surface area is 151 Å². The zero-order valence-electron chi connectivity index (χ0n) is 14.7. The average Bonchev–Trinajstić information content (AvgIpc) is 3.12. The van der Waals surface area contributed by atoms with Crippen LogP contribution in [0.3, 0.4) is 0 Å². The molecule has 4 nitrogen and oxygen atoms in total. The molecule has 1 saturated heterocycles. The molecular formula is C20H22F2N4. The predicted octanol–water partition coefficient (Wildman–Crippen LogP) is 3.65. The Balaban J connectivity index is 2.24. The zero-order chi connectivity index (χ0) is 18.7. The minimum Gasteiger partial charge on any atom is -0.380 e. The Morgan fingerprint density at radius 3 is 2.77 bits per heavy atom. The van der Waals surface area contributed by atoms with Crippen molar-refractivity contribution in [3.05, 3.63) is 59.2 Å². The van der Waals surface area contributed by atoms with Gasteiger partial charge in [0.15, 0.2) is 0 Å². The van der Waals surface area contributed by atoms with E-state index in [9.17, 15) is 4.39 Å². The highest BCUT2D eigenvalue weighted by molar-refractivity contribution is 5.93. The van der Waals surface area contributed by atoms with E-state index in [0.29, 0.717) is 16.8 Å². The van der Waals surface area contributed by atoms with Gasteiger partial charge in [0.1, 0.15) is 11.6 Å². The second kappa shape index (κ2) is 7.66. The number of nitrogens with zero attached hydrogens (tertiary/aromatic N) is 1. The number of aryl methyl sites for hydroxylation is 1. The van der Waals surface area contributed by atoms with E-state index in [4.69, 9.17) is 5.84 Å². The molecule has 0 aliphatic carbocycles. The van der Waals surface area contributed by atoms with Gasteiger partial charge in [-0.3, -0.25) is 0 Å². The Morgan fingerprint density at radius 2 is 2.15 bits per heavy atom. The van der Waals surface area contributed by atoms with Gasteiger partial charge < -0.3 is 16.5 Å². The monoisotopic (exact) mass is 356 g/mol. The fourth-order valence-electron chi connectivity index (χ4n) is 3.39. The van der Waals surface area contributed by atoms with Gasteiger partial charge in [-0.05, 0) is 37.6 Å². The quantitative estimate of drug-likeness (QED) is 0.435. The van der Waals surface area contributed by atoms with Crippen LogP contribution in [-0.4, -0.2) is 25.3 Å². The lowest BCUT2D eigenvalue weighted by molar-refractivity contribution is 0.614. The normalized spacial score (nSPS) is 17.0. The van der Waals surface area contributed by atoms with Crippen LogP contribution in [0, 0.1) is 18.6 Å². The van der Waals surface area contributed by atoms with Crippen molar-refractivity contribution in [3.8, 4) is 11.1 Å². The Kier molecular flexibility index (Phi) is 5.32. The first-order valence-corrected chi connectivity index (χ1v) is 8.51. The Hall–Kier alpha value is -2.73. The maximum absolute atomic E-state index is 15.2. The lowest BCUT2D eigenvalue weighted by atomic mass is 9.93. The van der Waals surface area contributed by atoms with E-state index in [1.54, 1.807) is 31.2 Å². The zero-order valence-corrected chi connectivity index (χ0v) is 14.7. The Bertz CT molecular complexity index is 835. The first kappa shape index (κ1) is 18.1. The lowest BCUT2D eigenvalue weighted by Crippen LogP contribution is -2.23. The number of hydrogen-bond acceptors (Lipinski definition) is 4. The summed E-state index contributed by atoms with van der Waals surface area (Å²) in [5, 5.41) is 10.2. The van der Waals surface area contributed by atoms with Crippen LogP contribution in [0.25, 0.3) is 17.2 Å². The number of nitrogens with two attached hydrogens (primary N) is 1. The summed E-state index contributed by atoms with van der Waals surface area (Å²) in [6, 6.07) is 6.54. The highest BCUT2D eigenvalue weighted by atomic mass is 19.1. The van der Waals surface area contributed by atoms with Gasteiger partial charge in [-0.15, -0.1) is 0 Å². The molecule has 26 heavy (non-hydrogen) atoms. The van der Waals surface area contributed by atoms with E-state index in [-0.39, 0.29) is 22.7 Å². The number of hydrazone groups is 1. The minimum atomic E-state index is -0.572. The molecule has 4 N–H and O–H groups in total. The number of rotatable bonds is 5. The first-order valence-electron chi connectivity index (χ1n) is 8.51. The molecule has 0 radical (unpaired) electrons. The van der Waals surface area contributed by atoms with Crippen molar-refractivity contribution in [2.45, 2.75) is 19.4 Å². The molecule has 1 aliphatic heterocycles. The summed E-state index contributed by atoms with van der Waals surface area (Å²) in [6.07, 6.45) is 3.75. The van der Waals surface area contributed by atoms with Crippen LogP contribution in [0.5, 0.6) is 0 Å². The molecule has 2 aromatic rings. The van der Waals surface area contributed by atoms with Crippen molar-refractivity contribution < 1.29 is 8.78 Å². The average molecular weight is 356 g/mol. The number of benzene rings is 2. The summed E-state index contributed by atoms with van der Waals surface area (Å²) in [6.45, 7) is 7.27. The number of nitrogens with one attached hydrogen (secondary N) is 2. The van der Waals surface area contributed by atoms with Crippen LogP contribution in [0.2, 0.25) is 0 Å². The van der Waals surface area contributed by atoms with E-state index in [1.165, 1.54) is 12.3 Å². The summed E-state index contributed by atoms with van der Waals surface area (Å²) in [5.41, 5.74) is 2.49. The van der Waals surface area contributed by atoms with Crippen LogP contribution in [0.1, 0.15) is 23.1 Å². The molecule has 1 fully saturated rings. The van der Waals surface area contributed by atoms with Crippen LogP contribution < -0.4 is 16.5 Å². The standard InChI is InChI=1S/C20H22F2N4/c1-3-14-16(11-25-23)20(22)15(19-12(2)5-4-6-17(19)21)9-18(14)26-13-7-8-24-10-13/h3-6,9,11,13,24,26H,1,7-8,10,23H2,2H3/b25-11-. The summed E-state index contributed by atoms with van der Waals surface area (Å²) in [7, 11) is 0. The van der Waals surface area contributed by atoms with E-state index in [2.05, 4.69) is 22.3 Å². The second-order valence-corrected chi connectivity index (χ2v) is 6.36. The third kappa shape index (κ3) is 3.32. The molecular weight excluding hydrogens is 334 g/mol. The lowest BCUT2D eigenvalue weighted by Gasteiger charge is -2.20. The largest absolute Gasteiger partial charge is 0.380 e. The number of hydrogen-bond donors (Lipinski definition) is 3. The molecule has 1 atom stereocenters. The van der Waals surface area contributed by atoms with Gasteiger partial charge in [-0.2, -0.15) is 5.10 Å². The van der Waals surface area contributed by atoms with Gasteiger partial charge in [-0.1, -0.05) is 24.8 Å². The predicted molar refractivity (Wildman–Crippen MR) is 103 cm³/mol. The minimum absolute atomic E-state index is 0.176. The number of anilines is 1. The molecule has 1 aliphatic rings. The molecule has 3 rings (SSSR count). The topological polar surface area (TPSA) is 62.4 Å². The van der Waals surface area contributed by atoms with E-state index < -0.39 is 11.6 Å². The summed E-state index contributed by atoms with van der Waals surface area (Å²) >= 11 is 0. The molecule has 1 heterocycles. The maximum Gasteiger partial charge on any atom is 0.140 e. The maximum atomic E-state index is 15.2. The highest BCUT2D eigenvalue weighted by Crippen LogP contribution is 2.36. The third-order valence-electron chi connectivity index (χ3n) is 4.66. The molecule has 1 unspecified atom stereocenters. The molecule has 0 saturated carbocycles. The van der Waals surface area contributed by atoms with Crippen LogP contribution in [0.15, 0.2) is 35.9 Å². The van der Waals surface area contributed by atoms with E-state index >= 15 is 4.39 Å². The van der Waals surface area contributed by atoms with Gasteiger partial charge in [0.2, 0.25) is 0 Å². The second-order valence-electron chi connectivity index (χ2n) is 6.36. The summed E-state index contributed by atoms with van der Waals surface area (Å²) in [4.78, 5) is 0. The SMILES string of the molecule is C=Cc1c(NC2CCNC2)cc(-c2c(C)cccc2F)c(F)c1/C=N\N. The highest BCUT2D eigenvalue weighted by Gasteiger charge is 2.22. The summed E-state index contributed by atoms with van der Waals surface area (Å²) in [5.74, 6) is 4.23. The molecule has 0 spiro atoms. The van der Waals surface area contributed by atoms with Gasteiger partial charge in [0.05, 0.1) is 6.21 Å². The van der Waals surface area contributed by atoms with E-state index in [1.807, 2.05) is 0 Å². The molecule has 0 aromatic heterocycles. The van der Waals surface area contributed by atoms with Gasteiger partial charge in [-0.25, -0.2) is 8.78 Å². The molecule has 2 aromatic carbocycles. The van der Waals surface area contributed by atoms with Gasteiger partial charge in [0, 0.05) is 40.5 Å². The van der Waals surface area contributed by atoms with E-state index in [0.717, 1.165) is 19.5 Å². The van der Waals surface area contributed by atoms with Crippen molar-refractivity contribution in [1.82, 2.24) is 5.32 Å². The van der Waals surface area contributed by atoms with Crippen LogP contribution in [0.4, 0.5) is 14.5 Å². The van der Waals surface area contributed by atoms with Crippen LogP contribution >= 0.6 is 0 Å². The molecule has 0 bridgehead atoms. The fourth-order valence-corrected chi connectivity index (χ4v) is 3.39. The fraction of sp³-hybridized carbons (Fsp3) is 0.250. The summed E-state index contributed by atoms with van der Waals surface area (Å²) < 4.78 is 29.7. The first-order chi connectivity index (χ1) is 12.6. The molecule has 0 amide bonds. The third-order valence-corrected chi connectivity index (χ3v) is 4.66. The van der Waals surface area contributed by atoms with Crippen molar-refractivity contribution in [2.75, 3.05) is 18.4 Å². The molecule has 6 heteroatoms. The van der Waals surface area contributed by atoms with Crippen molar-refractivity contribution in [2.24, 2.45) is 10.9 Å². The smallest absolute Gasteiger partial charge is 0.140 e. The van der Waals surface area contributed by atoms with Crippen molar-refractivity contribution >= 4 is 18.0 Å². The molecule has 136 valence electrons. The Morgan fingerprint density at radius 1 is 1.35 bits per heavy atom. The van der Waals surface area contributed by atoms with Gasteiger partial charge in [0.25, 0.3) is 0 Å². The van der Waals surface area contributed by atoms with Crippen LogP contribution in [-0.2, 0) is 0 Å². The number of halogens is 2. The van der Waals surface area contributed by atoms with Crippen molar-refractivity contribution in [3.63, 3.8) is 0 Å². The van der Waals surface area contributed by atoms with Crippen molar-refractivity contribution in [1.29, 1.82) is 0 Å². The van der Waals surface area contributed by atoms with Gasteiger partial charge >= 0.3 is 0 Å².